The lowest BCUT2D eigenvalue weighted by Gasteiger charge is -2.12. The topological polar surface area (TPSA) is 108 Å². The number of carboxylic acid groups (broad SMARTS) is 1. The number of rotatable bonds is 5. The van der Waals surface area contributed by atoms with Crippen molar-refractivity contribution in [2.24, 2.45) is 5.92 Å². The molecule has 7 heteroatoms. The minimum atomic E-state index is -1.19. The molecule has 0 spiro atoms. The van der Waals surface area contributed by atoms with Crippen molar-refractivity contribution >= 4 is 29.3 Å². The minimum absolute atomic E-state index is 0.0963. The number of nitrogens with one attached hydrogen (secondary N) is 3. The molecule has 0 aliphatic carbocycles. The third-order valence-corrected chi connectivity index (χ3v) is 2.49. The molecule has 0 radical (unpaired) electrons. The standard InChI is InChI=1S/C14H19N3O4/c1-8(2)7-15-14(21)17-12-5-4-10(16-9(3)18)6-11(12)13(19)20/h4-6,8H,7H2,1-3H3,(H,16,18)(H,19,20)(H2,15,17,21). The summed E-state index contributed by atoms with van der Waals surface area (Å²) in [7, 11) is 0. The fourth-order valence-corrected chi connectivity index (χ4v) is 1.57. The van der Waals surface area contributed by atoms with E-state index in [0.29, 0.717) is 12.2 Å². The first kappa shape index (κ1) is 16.5. The molecule has 0 aliphatic heterocycles. The maximum absolute atomic E-state index is 11.7. The molecule has 7 nitrogen and oxygen atoms in total. The van der Waals surface area contributed by atoms with Gasteiger partial charge in [0, 0.05) is 19.2 Å². The summed E-state index contributed by atoms with van der Waals surface area (Å²) < 4.78 is 0. The highest BCUT2D eigenvalue weighted by Crippen LogP contribution is 2.20. The highest BCUT2D eigenvalue weighted by Gasteiger charge is 2.14. The van der Waals surface area contributed by atoms with Crippen molar-refractivity contribution in [3.05, 3.63) is 23.8 Å². The summed E-state index contributed by atoms with van der Waals surface area (Å²) in [6.45, 7) is 5.71. The molecule has 3 amide bonds. The molecule has 0 aromatic heterocycles. The number of amides is 3. The van der Waals surface area contributed by atoms with Crippen LogP contribution in [0.5, 0.6) is 0 Å². The molecule has 1 rings (SSSR count). The number of hydrogen-bond acceptors (Lipinski definition) is 3. The maximum Gasteiger partial charge on any atom is 0.337 e. The number of carbonyl (C=O) groups excluding carboxylic acids is 2. The molecule has 0 heterocycles. The van der Waals surface area contributed by atoms with E-state index in [1.807, 2.05) is 13.8 Å². The van der Waals surface area contributed by atoms with E-state index in [9.17, 15) is 19.5 Å². The van der Waals surface area contributed by atoms with Gasteiger partial charge in [0.2, 0.25) is 5.91 Å². The Morgan fingerprint density at radius 3 is 2.38 bits per heavy atom. The lowest BCUT2D eigenvalue weighted by atomic mass is 10.1. The van der Waals surface area contributed by atoms with Gasteiger partial charge in [-0.05, 0) is 24.1 Å². The van der Waals surface area contributed by atoms with Crippen molar-refractivity contribution in [3.63, 3.8) is 0 Å². The van der Waals surface area contributed by atoms with Crippen molar-refractivity contribution in [2.75, 3.05) is 17.2 Å². The third-order valence-electron chi connectivity index (χ3n) is 2.49. The Bertz CT molecular complexity index is 555. The largest absolute Gasteiger partial charge is 0.478 e. The fourth-order valence-electron chi connectivity index (χ4n) is 1.57. The van der Waals surface area contributed by atoms with Gasteiger partial charge < -0.3 is 21.1 Å². The maximum atomic E-state index is 11.7. The molecule has 4 N–H and O–H groups in total. The first-order valence-corrected chi connectivity index (χ1v) is 6.49. The molecule has 0 aliphatic rings. The monoisotopic (exact) mass is 293 g/mol. The molecule has 1 aromatic carbocycles. The summed E-state index contributed by atoms with van der Waals surface area (Å²) in [5.74, 6) is -1.21. The van der Waals surface area contributed by atoms with E-state index < -0.39 is 12.0 Å². The summed E-state index contributed by atoms with van der Waals surface area (Å²) in [6.07, 6.45) is 0. The zero-order valence-electron chi connectivity index (χ0n) is 12.2. The second-order valence-electron chi connectivity index (χ2n) is 4.98. The number of aromatic carboxylic acids is 1. The summed E-state index contributed by atoms with van der Waals surface area (Å²) >= 11 is 0. The Balaban J connectivity index is 2.88. The Kier molecular flexibility index (Phi) is 5.71. The van der Waals surface area contributed by atoms with Crippen molar-refractivity contribution in [3.8, 4) is 0 Å². The SMILES string of the molecule is CC(=O)Nc1ccc(NC(=O)NCC(C)C)c(C(=O)O)c1. The highest BCUT2D eigenvalue weighted by atomic mass is 16.4. The van der Waals surface area contributed by atoms with Crippen LogP contribution in [0.15, 0.2) is 18.2 Å². The number of carboxylic acids is 1. The molecular weight excluding hydrogens is 274 g/mol. The van der Waals surface area contributed by atoms with E-state index in [-0.39, 0.29) is 23.1 Å². The van der Waals surface area contributed by atoms with E-state index in [1.165, 1.54) is 25.1 Å². The molecule has 114 valence electrons. The van der Waals surface area contributed by atoms with Gasteiger partial charge in [0.05, 0.1) is 11.3 Å². The van der Waals surface area contributed by atoms with Gasteiger partial charge in [-0.2, -0.15) is 0 Å². The van der Waals surface area contributed by atoms with Crippen LogP contribution in [0.3, 0.4) is 0 Å². The van der Waals surface area contributed by atoms with Gasteiger partial charge in [0.1, 0.15) is 0 Å². The summed E-state index contributed by atoms with van der Waals surface area (Å²) in [6, 6.07) is 3.77. The van der Waals surface area contributed by atoms with E-state index in [4.69, 9.17) is 0 Å². The van der Waals surface area contributed by atoms with Crippen molar-refractivity contribution in [1.29, 1.82) is 0 Å². The van der Waals surface area contributed by atoms with E-state index in [2.05, 4.69) is 16.0 Å². The summed E-state index contributed by atoms with van der Waals surface area (Å²) in [4.78, 5) is 33.9. The Morgan fingerprint density at radius 1 is 1.19 bits per heavy atom. The van der Waals surface area contributed by atoms with Crippen LogP contribution in [0, 0.1) is 5.92 Å². The molecule has 0 saturated carbocycles. The second-order valence-corrected chi connectivity index (χ2v) is 4.98. The number of carbonyl (C=O) groups is 3. The van der Waals surface area contributed by atoms with Gasteiger partial charge in [-0.1, -0.05) is 13.8 Å². The van der Waals surface area contributed by atoms with E-state index in [0.717, 1.165) is 0 Å². The summed E-state index contributed by atoms with van der Waals surface area (Å²) in [5, 5.41) is 16.8. The molecule has 0 saturated heterocycles. The van der Waals surface area contributed by atoms with Crippen LogP contribution in [0.4, 0.5) is 16.2 Å². The van der Waals surface area contributed by atoms with Crippen LogP contribution < -0.4 is 16.0 Å². The first-order valence-electron chi connectivity index (χ1n) is 6.49. The smallest absolute Gasteiger partial charge is 0.337 e. The number of anilines is 2. The zero-order valence-corrected chi connectivity index (χ0v) is 12.2. The van der Waals surface area contributed by atoms with Gasteiger partial charge in [-0.15, -0.1) is 0 Å². The Labute approximate surface area is 122 Å². The second kappa shape index (κ2) is 7.28. The molecule has 0 atom stereocenters. The van der Waals surface area contributed by atoms with Crippen molar-refractivity contribution in [2.45, 2.75) is 20.8 Å². The Morgan fingerprint density at radius 2 is 1.86 bits per heavy atom. The van der Waals surface area contributed by atoms with Crippen molar-refractivity contribution in [1.82, 2.24) is 5.32 Å². The summed E-state index contributed by atoms with van der Waals surface area (Å²) in [5.41, 5.74) is 0.423. The Hall–Kier alpha value is -2.57. The predicted molar refractivity (Wildman–Crippen MR) is 79.6 cm³/mol. The van der Waals surface area contributed by atoms with E-state index in [1.54, 1.807) is 0 Å². The van der Waals surface area contributed by atoms with Crippen LogP contribution in [-0.2, 0) is 4.79 Å². The molecule has 0 unspecified atom stereocenters. The molecule has 0 bridgehead atoms. The van der Waals surface area contributed by atoms with Gasteiger partial charge in [-0.3, -0.25) is 4.79 Å². The number of benzene rings is 1. The van der Waals surface area contributed by atoms with Crippen LogP contribution in [-0.4, -0.2) is 29.6 Å². The van der Waals surface area contributed by atoms with E-state index >= 15 is 0 Å². The molecule has 21 heavy (non-hydrogen) atoms. The normalized spacial score (nSPS) is 10.1. The van der Waals surface area contributed by atoms with Gasteiger partial charge in [0.15, 0.2) is 0 Å². The van der Waals surface area contributed by atoms with Crippen LogP contribution >= 0.6 is 0 Å². The minimum Gasteiger partial charge on any atom is -0.478 e. The molecular formula is C14H19N3O4. The third kappa shape index (κ3) is 5.52. The molecule has 1 aromatic rings. The fraction of sp³-hybridized carbons (Fsp3) is 0.357. The van der Waals surface area contributed by atoms with Crippen molar-refractivity contribution < 1.29 is 19.5 Å². The lowest BCUT2D eigenvalue weighted by Crippen LogP contribution is -2.32. The highest BCUT2D eigenvalue weighted by molar-refractivity contribution is 6.01. The average molecular weight is 293 g/mol. The van der Waals surface area contributed by atoms with Gasteiger partial charge in [0.25, 0.3) is 0 Å². The zero-order chi connectivity index (χ0) is 16.0. The van der Waals surface area contributed by atoms with Crippen LogP contribution in [0.2, 0.25) is 0 Å². The number of hydrogen-bond donors (Lipinski definition) is 4. The number of urea groups is 1. The van der Waals surface area contributed by atoms with Crippen LogP contribution in [0.1, 0.15) is 31.1 Å². The predicted octanol–water partition coefficient (Wildman–Crippen LogP) is 2.12. The average Bonchev–Trinajstić information content (AvgIpc) is 2.37. The van der Waals surface area contributed by atoms with Crippen LogP contribution in [0.25, 0.3) is 0 Å². The quantitative estimate of drug-likeness (QED) is 0.667. The lowest BCUT2D eigenvalue weighted by molar-refractivity contribution is -0.114. The molecule has 0 fully saturated rings. The van der Waals surface area contributed by atoms with Gasteiger partial charge in [-0.25, -0.2) is 9.59 Å². The van der Waals surface area contributed by atoms with Gasteiger partial charge >= 0.3 is 12.0 Å². The first-order chi connectivity index (χ1) is 9.79.